The number of aromatic nitrogens is 2. The lowest BCUT2D eigenvalue weighted by Crippen LogP contribution is -2.51. The van der Waals surface area contributed by atoms with Crippen molar-refractivity contribution in [1.29, 1.82) is 0 Å². The molecule has 2 aliphatic heterocycles. The molecule has 2 atom stereocenters. The van der Waals surface area contributed by atoms with Gasteiger partial charge in [-0.25, -0.2) is 0 Å². The van der Waals surface area contributed by atoms with Crippen LogP contribution < -0.4 is 5.73 Å². The molecule has 2 unspecified atom stereocenters. The molecule has 1 aromatic rings. The van der Waals surface area contributed by atoms with Crippen LogP contribution in [0.5, 0.6) is 0 Å². The van der Waals surface area contributed by atoms with Gasteiger partial charge in [-0.2, -0.15) is 4.98 Å². The first kappa shape index (κ1) is 12.1. The van der Waals surface area contributed by atoms with Gasteiger partial charge >= 0.3 is 0 Å². The molecular formula is C13H22N4O. The molecule has 0 radical (unpaired) electrons. The van der Waals surface area contributed by atoms with Gasteiger partial charge in [0.25, 0.3) is 0 Å². The van der Waals surface area contributed by atoms with Crippen molar-refractivity contribution in [2.75, 3.05) is 13.1 Å². The van der Waals surface area contributed by atoms with Crippen molar-refractivity contribution in [3.8, 4) is 0 Å². The quantitative estimate of drug-likeness (QED) is 0.863. The minimum absolute atomic E-state index is 0.265. The standard InChI is InChI=1S/C13H22N4O/c1-9(2)11-15-12(16-18-11)13(14)5-7-17-6-3-4-10(17)8-13/h9-10H,3-8,14H2,1-2H3. The van der Waals surface area contributed by atoms with Crippen LogP contribution in [0.2, 0.25) is 0 Å². The molecule has 2 N–H and O–H groups in total. The highest BCUT2D eigenvalue weighted by molar-refractivity contribution is 5.09. The maximum Gasteiger partial charge on any atom is 0.229 e. The van der Waals surface area contributed by atoms with E-state index in [1.165, 1.54) is 19.4 Å². The van der Waals surface area contributed by atoms with Crippen molar-refractivity contribution in [3.05, 3.63) is 11.7 Å². The fourth-order valence-corrected chi connectivity index (χ4v) is 3.16. The molecule has 18 heavy (non-hydrogen) atoms. The zero-order valence-electron chi connectivity index (χ0n) is 11.2. The Kier molecular flexibility index (Phi) is 2.90. The monoisotopic (exact) mass is 250 g/mol. The van der Waals surface area contributed by atoms with Crippen molar-refractivity contribution in [2.45, 2.75) is 57.0 Å². The molecule has 2 aliphatic rings. The van der Waals surface area contributed by atoms with Crippen molar-refractivity contribution >= 4 is 0 Å². The van der Waals surface area contributed by atoms with E-state index in [1.807, 2.05) is 0 Å². The molecule has 0 amide bonds. The van der Waals surface area contributed by atoms with Crippen LogP contribution in [0.1, 0.15) is 57.2 Å². The second kappa shape index (κ2) is 4.31. The molecule has 0 aliphatic carbocycles. The second-order valence-electron chi connectivity index (χ2n) is 6.05. The molecule has 3 heterocycles. The molecule has 100 valence electrons. The number of hydrogen-bond donors (Lipinski definition) is 1. The Balaban J connectivity index is 1.81. The van der Waals surface area contributed by atoms with Gasteiger partial charge in [0.2, 0.25) is 5.89 Å². The van der Waals surface area contributed by atoms with Crippen molar-refractivity contribution in [2.24, 2.45) is 5.73 Å². The van der Waals surface area contributed by atoms with E-state index >= 15 is 0 Å². The van der Waals surface area contributed by atoms with Gasteiger partial charge < -0.3 is 15.2 Å². The van der Waals surface area contributed by atoms with Crippen LogP contribution in [0.25, 0.3) is 0 Å². The first-order valence-corrected chi connectivity index (χ1v) is 6.95. The smallest absolute Gasteiger partial charge is 0.229 e. The first-order chi connectivity index (χ1) is 8.58. The third-order valence-electron chi connectivity index (χ3n) is 4.33. The van der Waals surface area contributed by atoms with Crippen LogP contribution in [0.15, 0.2) is 4.52 Å². The molecule has 0 spiro atoms. The lowest BCUT2D eigenvalue weighted by atomic mass is 9.83. The van der Waals surface area contributed by atoms with E-state index in [0.717, 1.165) is 19.4 Å². The van der Waals surface area contributed by atoms with Gasteiger partial charge in [-0.05, 0) is 32.2 Å². The fourth-order valence-electron chi connectivity index (χ4n) is 3.16. The number of fused-ring (bicyclic) bond motifs is 1. The highest BCUT2D eigenvalue weighted by Crippen LogP contribution is 2.36. The van der Waals surface area contributed by atoms with Gasteiger partial charge in [-0.3, -0.25) is 0 Å². The third kappa shape index (κ3) is 1.95. The summed E-state index contributed by atoms with van der Waals surface area (Å²) in [5.74, 6) is 1.67. The van der Waals surface area contributed by atoms with E-state index < -0.39 is 0 Å². The van der Waals surface area contributed by atoms with Crippen molar-refractivity contribution in [1.82, 2.24) is 15.0 Å². The SMILES string of the molecule is CC(C)c1nc(C2(N)CCN3CCCC3C2)no1. The fraction of sp³-hybridized carbons (Fsp3) is 0.846. The molecule has 0 saturated carbocycles. The Morgan fingerprint density at radius 2 is 2.28 bits per heavy atom. The van der Waals surface area contributed by atoms with E-state index in [9.17, 15) is 0 Å². The van der Waals surface area contributed by atoms with E-state index in [1.54, 1.807) is 0 Å². The van der Waals surface area contributed by atoms with Gasteiger partial charge in [-0.15, -0.1) is 0 Å². The summed E-state index contributed by atoms with van der Waals surface area (Å²) in [4.78, 5) is 7.05. The summed E-state index contributed by atoms with van der Waals surface area (Å²) >= 11 is 0. The second-order valence-corrected chi connectivity index (χ2v) is 6.05. The molecular weight excluding hydrogens is 228 g/mol. The average Bonchev–Trinajstić information content (AvgIpc) is 2.96. The number of rotatable bonds is 2. The van der Waals surface area contributed by atoms with Crippen LogP contribution >= 0.6 is 0 Å². The lowest BCUT2D eigenvalue weighted by Gasteiger charge is -2.39. The Morgan fingerprint density at radius 3 is 3.00 bits per heavy atom. The first-order valence-electron chi connectivity index (χ1n) is 6.95. The predicted octanol–water partition coefficient (Wildman–Crippen LogP) is 1.61. The van der Waals surface area contributed by atoms with Crippen molar-refractivity contribution < 1.29 is 4.52 Å². The Labute approximate surface area is 108 Å². The minimum Gasteiger partial charge on any atom is -0.339 e. The van der Waals surface area contributed by atoms with Crippen LogP contribution in [0, 0.1) is 0 Å². The summed E-state index contributed by atoms with van der Waals surface area (Å²) in [7, 11) is 0. The van der Waals surface area contributed by atoms with E-state index in [2.05, 4.69) is 28.9 Å². The summed E-state index contributed by atoms with van der Waals surface area (Å²) in [5, 5.41) is 4.12. The minimum atomic E-state index is -0.387. The Bertz CT molecular complexity index is 430. The average molecular weight is 250 g/mol. The molecule has 0 aromatic carbocycles. The van der Waals surface area contributed by atoms with Gasteiger partial charge in [0, 0.05) is 18.5 Å². The number of piperidine rings is 1. The van der Waals surface area contributed by atoms with Gasteiger partial charge in [0.1, 0.15) is 0 Å². The predicted molar refractivity (Wildman–Crippen MR) is 68.1 cm³/mol. The third-order valence-corrected chi connectivity index (χ3v) is 4.33. The Morgan fingerprint density at radius 1 is 1.44 bits per heavy atom. The number of nitrogens with zero attached hydrogens (tertiary/aromatic N) is 3. The summed E-state index contributed by atoms with van der Waals surface area (Å²) < 4.78 is 5.30. The van der Waals surface area contributed by atoms with E-state index in [-0.39, 0.29) is 11.5 Å². The maximum absolute atomic E-state index is 6.54. The summed E-state index contributed by atoms with van der Waals surface area (Å²) in [6, 6.07) is 0.616. The van der Waals surface area contributed by atoms with Gasteiger partial charge in [-0.1, -0.05) is 19.0 Å². The van der Waals surface area contributed by atoms with E-state index in [0.29, 0.717) is 17.8 Å². The highest BCUT2D eigenvalue weighted by atomic mass is 16.5. The van der Waals surface area contributed by atoms with Gasteiger partial charge in [0.15, 0.2) is 5.82 Å². The molecule has 2 fully saturated rings. The van der Waals surface area contributed by atoms with Crippen LogP contribution in [-0.4, -0.2) is 34.2 Å². The molecule has 5 heteroatoms. The molecule has 5 nitrogen and oxygen atoms in total. The zero-order valence-corrected chi connectivity index (χ0v) is 11.2. The molecule has 3 rings (SSSR count). The zero-order chi connectivity index (χ0) is 12.8. The summed E-state index contributed by atoms with van der Waals surface area (Å²) in [6.45, 7) is 6.40. The largest absolute Gasteiger partial charge is 0.339 e. The highest BCUT2D eigenvalue weighted by Gasteiger charge is 2.42. The molecule has 0 bridgehead atoms. The normalized spacial score (nSPS) is 33.0. The van der Waals surface area contributed by atoms with Gasteiger partial charge in [0.05, 0.1) is 5.54 Å². The number of nitrogens with two attached hydrogens (primary N) is 1. The summed E-state index contributed by atoms with van der Waals surface area (Å²) in [5.41, 5.74) is 6.15. The van der Waals surface area contributed by atoms with Crippen LogP contribution in [-0.2, 0) is 5.54 Å². The van der Waals surface area contributed by atoms with E-state index in [4.69, 9.17) is 10.3 Å². The number of hydrogen-bond acceptors (Lipinski definition) is 5. The summed E-state index contributed by atoms with van der Waals surface area (Å²) in [6.07, 6.45) is 4.45. The van der Waals surface area contributed by atoms with Crippen LogP contribution in [0.3, 0.4) is 0 Å². The Hall–Kier alpha value is -0.940. The van der Waals surface area contributed by atoms with Crippen molar-refractivity contribution in [3.63, 3.8) is 0 Å². The molecule has 2 saturated heterocycles. The molecule has 1 aromatic heterocycles. The maximum atomic E-state index is 6.54. The lowest BCUT2D eigenvalue weighted by molar-refractivity contribution is 0.124. The van der Waals surface area contributed by atoms with Crippen LogP contribution in [0.4, 0.5) is 0 Å². The topological polar surface area (TPSA) is 68.2 Å².